The Balaban J connectivity index is 1.16. The summed E-state index contributed by atoms with van der Waals surface area (Å²) in [6.45, 7) is 0.724. The average Bonchev–Trinajstić information content (AvgIpc) is 3.76. The molecule has 3 atom stereocenters. The van der Waals surface area contributed by atoms with Gasteiger partial charge >= 0.3 is 0 Å². The van der Waals surface area contributed by atoms with Gasteiger partial charge in [0.25, 0.3) is 0 Å². The van der Waals surface area contributed by atoms with Crippen LogP contribution in [0.2, 0.25) is 0 Å². The van der Waals surface area contributed by atoms with E-state index in [0.717, 1.165) is 57.0 Å². The van der Waals surface area contributed by atoms with Gasteiger partial charge in [-0.05, 0) is 69.6 Å². The van der Waals surface area contributed by atoms with Crippen LogP contribution in [0.5, 0.6) is 0 Å². The van der Waals surface area contributed by atoms with Gasteiger partial charge in [0, 0.05) is 67.8 Å². The van der Waals surface area contributed by atoms with Crippen molar-refractivity contribution in [3.8, 4) is 45.9 Å². The second kappa shape index (κ2) is 11.1. The van der Waals surface area contributed by atoms with Gasteiger partial charge in [-0.2, -0.15) is 10.5 Å². The maximum absolute atomic E-state index is 9.48. The highest BCUT2D eigenvalue weighted by Gasteiger charge is 2.51. The Bertz CT molecular complexity index is 2840. The zero-order valence-electron chi connectivity index (χ0n) is 26.6. The SMILES string of the molecule is N#Cc1cncc(-c2cccc(-c3cc4sc5cc(-c6cccc(C7=CC8C(C#N)C8NC7)n6)c6ccccc6c5c4c4ccccc34)n2)c1. The summed E-state index contributed by atoms with van der Waals surface area (Å²) in [4.78, 5) is 14.6. The van der Waals surface area contributed by atoms with Gasteiger partial charge in [-0.15, -0.1) is 11.3 Å². The van der Waals surface area contributed by atoms with Crippen LogP contribution in [0.25, 0.3) is 81.1 Å². The molecule has 8 aromatic rings. The van der Waals surface area contributed by atoms with Crippen molar-refractivity contribution in [3.63, 3.8) is 0 Å². The molecule has 234 valence electrons. The molecule has 0 bridgehead atoms. The van der Waals surface area contributed by atoms with Crippen LogP contribution in [0.15, 0.2) is 122 Å². The van der Waals surface area contributed by atoms with Crippen LogP contribution < -0.4 is 5.32 Å². The lowest BCUT2D eigenvalue weighted by atomic mass is 9.93. The van der Waals surface area contributed by atoms with E-state index in [-0.39, 0.29) is 17.9 Å². The van der Waals surface area contributed by atoms with Crippen LogP contribution in [0.3, 0.4) is 0 Å². The highest BCUT2D eigenvalue weighted by Crippen LogP contribution is 2.48. The summed E-state index contributed by atoms with van der Waals surface area (Å²) in [7, 11) is 0. The van der Waals surface area contributed by atoms with E-state index in [4.69, 9.17) is 9.97 Å². The second-order valence-corrected chi connectivity index (χ2v) is 14.1. The number of hydrogen-bond acceptors (Lipinski definition) is 7. The second-order valence-electron chi connectivity index (χ2n) is 13.0. The van der Waals surface area contributed by atoms with Gasteiger partial charge in [0.15, 0.2) is 0 Å². The summed E-state index contributed by atoms with van der Waals surface area (Å²) in [5.74, 6) is 0.333. The zero-order chi connectivity index (χ0) is 33.3. The van der Waals surface area contributed by atoms with Gasteiger partial charge in [0.05, 0.1) is 40.3 Å². The summed E-state index contributed by atoms with van der Waals surface area (Å²) in [5.41, 5.74) is 8.20. The first-order chi connectivity index (χ1) is 24.7. The summed E-state index contributed by atoms with van der Waals surface area (Å²) in [6, 6.07) is 40.9. The van der Waals surface area contributed by atoms with Crippen molar-refractivity contribution in [2.75, 3.05) is 6.54 Å². The van der Waals surface area contributed by atoms with Crippen LogP contribution >= 0.6 is 11.3 Å². The van der Waals surface area contributed by atoms with Crippen LogP contribution in [-0.2, 0) is 0 Å². The van der Waals surface area contributed by atoms with Gasteiger partial charge in [0.1, 0.15) is 6.07 Å². The first-order valence-electron chi connectivity index (χ1n) is 16.6. The maximum atomic E-state index is 9.48. The minimum atomic E-state index is 0.0603. The molecule has 0 spiro atoms. The summed E-state index contributed by atoms with van der Waals surface area (Å²) >= 11 is 1.80. The van der Waals surface area contributed by atoms with Gasteiger partial charge in [-0.1, -0.05) is 66.7 Å². The Morgan fingerprint density at radius 3 is 1.90 bits per heavy atom. The van der Waals surface area contributed by atoms with E-state index in [0.29, 0.717) is 5.56 Å². The Morgan fingerprint density at radius 1 is 0.660 bits per heavy atom. The number of rotatable bonds is 4. The molecule has 6 nitrogen and oxygen atoms in total. The van der Waals surface area contributed by atoms with Crippen molar-refractivity contribution >= 4 is 58.6 Å². The van der Waals surface area contributed by atoms with E-state index < -0.39 is 0 Å². The lowest BCUT2D eigenvalue weighted by Crippen LogP contribution is -2.24. The zero-order valence-corrected chi connectivity index (χ0v) is 27.4. The molecule has 1 aliphatic heterocycles. The Labute approximate surface area is 291 Å². The predicted octanol–water partition coefficient (Wildman–Crippen LogP) is 9.54. The van der Waals surface area contributed by atoms with Crippen molar-refractivity contribution in [2.24, 2.45) is 11.8 Å². The highest BCUT2D eigenvalue weighted by molar-refractivity contribution is 7.26. The number of pyridine rings is 3. The smallest absolute Gasteiger partial charge is 0.101 e. The molecule has 4 aromatic heterocycles. The molecule has 7 heteroatoms. The van der Waals surface area contributed by atoms with E-state index in [1.807, 2.05) is 18.2 Å². The average molecular weight is 659 g/mol. The van der Waals surface area contributed by atoms with E-state index in [2.05, 4.69) is 113 Å². The first-order valence-corrected chi connectivity index (χ1v) is 17.4. The van der Waals surface area contributed by atoms with Gasteiger partial charge in [-0.25, -0.2) is 9.97 Å². The first kappa shape index (κ1) is 28.7. The third-order valence-corrected chi connectivity index (χ3v) is 11.3. The molecule has 4 aromatic carbocycles. The normalized spacial score (nSPS) is 18.1. The molecule has 1 N–H and O–H groups in total. The number of thiophene rings is 1. The Kier molecular flexibility index (Phi) is 6.41. The topological polar surface area (TPSA) is 98.3 Å². The molecule has 10 rings (SSSR count). The molecule has 0 radical (unpaired) electrons. The number of nitriles is 2. The fraction of sp³-hybridized carbons (Fsp3) is 0.0930. The highest BCUT2D eigenvalue weighted by atomic mass is 32.1. The number of aromatic nitrogens is 3. The molecule has 2 aliphatic rings. The molecule has 5 heterocycles. The summed E-state index contributed by atoms with van der Waals surface area (Å²) in [6.07, 6.45) is 5.57. The lowest BCUT2D eigenvalue weighted by molar-refractivity contribution is 0.702. The number of fused-ring (bicyclic) bond motifs is 8. The fourth-order valence-electron chi connectivity index (χ4n) is 7.73. The third-order valence-electron chi connectivity index (χ3n) is 10.2. The van der Waals surface area contributed by atoms with Crippen molar-refractivity contribution in [2.45, 2.75) is 6.04 Å². The Hall–Kier alpha value is -6.25. The van der Waals surface area contributed by atoms with Crippen LogP contribution in [0.4, 0.5) is 0 Å². The molecule has 3 unspecified atom stereocenters. The molecule has 0 amide bonds. The molecular weight excluding hydrogens is 633 g/mol. The number of hydrogen-bond donors (Lipinski definition) is 1. The summed E-state index contributed by atoms with van der Waals surface area (Å²) in [5, 5.41) is 29.7. The molecule has 1 aliphatic carbocycles. The van der Waals surface area contributed by atoms with E-state index in [1.54, 1.807) is 23.7 Å². The molecule has 1 fully saturated rings. The van der Waals surface area contributed by atoms with Gasteiger partial charge in [-0.3, -0.25) is 4.98 Å². The summed E-state index contributed by atoms with van der Waals surface area (Å²) < 4.78 is 2.41. The van der Waals surface area contributed by atoms with Crippen LogP contribution in [0, 0.1) is 34.5 Å². The van der Waals surface area contributed by atoms with Crippen LogP contribution in [-0.4, -0.2) is 27.5 Å². The van der Waals surface area contributed by atoms with E-state index >= 15 is 0 Å². The molecular formula is C43H26N6S. The number of benzene rings is 4. The number of nitrogens with zero attached hydrogens (tertiary/aromatic N) is 5. The van der Waals surface area contributed by atoms with Gasteiger partial charge in [0.2, 0.25) is 0 Å². The molecule has 50 heavy (non-hydrogen) atoms. The largest absolute Gasteiger partial charge is 0.308 e. The van der Waals surface area contributed by atoms with Crippen molar-refractivity contribution in [1.82, 2.24) is 20.3 Å². The molecule has 0 saturated heterocycles. The van der Waals surface area contributed by atoms with Crippen molar-refractivity contribution < 1.29 is 0 Å². The van der Waals surface area contributed by atoms with Crippen molar-refractivity contribution in [1.29, 1.82) is 10.5 Å². The minimum Gasteiger partial charge on any atom is -0.308 e. The fourth-order valence-corrected chi connectivity index (χ4v) is 8.95. The number of nitrogens with one attached hydrogen (secondary N) is 1. The van der Waals surface area contributed by atoms with E-state index in [1.165, 1.54) is 36.3 Å². The quantitative estimate of drug-likeness (QED) is 0.202. The van der Waals surface area contributed by atoms with E-state index in [9.17, 15) is 10.5 Å². The molecule has 1 saturated carbocycles. The predicted molar refractivity (Wildman–Crippen MR) is 201 cm³/mol. The van der Waals surface area contributed by atoms with Crippen LogP contribution in [0.1, 0.15) is 11.3 Å². The van der Waals surface area contributed by atoms with Crippen molar-refractivity contribution in [3.05, 3.63) is 133 Å². The minimum absolute atomic E-state index is 0.0603. The lowest BCUT2D eigenvalue weighted by Gasteiger charge is -2.15. The van der Waals surface area contributed by atoms with Gasteiger partial charge < -0.3 is 5.32 Å². The monoisotopic (exact) mass is 658 g/mol. The maximum Gasteiger partial charge on any atom is 0.101 e. The standard InChI is InChI=1S/C43H26N6S/c44-19-24-15-25(22-46-21-24)35-11-5-13-37(48-35)31-17-39-41(29-9-3-1-7-27(29)31)42-30-10-4-2-8-28(30)32(18-40(42)50-39)38-14-6-12-36(49-38)26-16-33-34(20-45)43(33)47-23-26/h1-18,21-22,33-34,43,47H,23H2. The third kappa shape index (κ3) is 4.45. The Morgan fingerprint density at radius 2 is 1.26 bits per heavy atom.